The Hall–Kier alpha value is -2.08. The Bertz CT molecular complexity index is 487. The zero-order valence-electron chi connectivity index (χ0n) is 10.2. The van der Waals surface area contributed by atoms with Gasteiger partial charge < -0.3 is 10.1 Å². The standard InChI is InChI=1S/C12H15N3O3/c1-7-3-4-10(18-2)8(5-7)13-12(17)9-6-11(16)15-14-9/h3-5,9,14H,6H2,1-2H3,(H,13,17)(H,15,16). The van der Waals surface area contributed by atoms with Crippen LogP contribution in [0.25, 0.3) is 0 Å². The highest BCUT2D eigenvalue weighted by Crippen LogP contribution is 2.25. The molecule has 0 radical (unpaired) electrons. The second kappa shape index (κ2) is 5.05. The predicted molar refractivity (Wildman–Crippen MR) is 66.0 cm³/mol. The Kier molecular flexibility index (Phi) is 3.47. The van der Waals surface area contributed by atoms with Crippen molar-refractivity contribution in [2.45, 2.75) is 19.4 Å². The van der Waals surface area contributed by atoms with Crippen molar-refractivity contribution in [2.24, 2.45) is 0 Å². The van der Waals surface area contributed by atoms with Crippen molar-refractivity contribution in [3.63, 3.8) is 0 Å². The van der Waals surface area contributed by atoms with E-state index in [9.17, 15) is 9.59 Å². The largest absolute Gasteiger partial charge is 0.495 e. The number of benzene rings is 1. The van der Waals surface area contributed by atoms with Gasteiger partial charge in [-0.25, -0.2) is 5.43 Å². The molecule has 1 atom stereocenters. The molecule has 0 aliphatic carbocycles. The molecule has 0 aromatic heterocycles. The van der Waals surface area contributed by atoms with E-state index in [4.69, 9.17) is 4.74 Å². The first-order valence-corrected chi connectivity index (χ1v) is 5.60. The van der Waals surface area contributed by atoms with Gasteiger partial charge in [-0.2, -0.15) is 0 Å². The average molecular weight is 249 g/mol. The zero-order valence-corrected chi connectivity index (χ0v) is 10.2. The topological polar surface area (TPSA) is 79.5 Å². The van der Waals surface area contributed by atoms with Crippen LogP contribution in [0, 0.1) is 6.92 Å². The number of ether oxygens (including phenoxy) is 1. The zero-order chi connectivity index (χ0) is 13.1. The van der Waals surface area contributed by atoms with Crippen LogP contribution in [0.3, 0.4) is 0 Å². The molecule has 0 bridgehead atoms. The highest BCUT2D eigenvalue weighted by atomic mass is 16.5. The van der Waals surface area contributed by atoms with E-state index in [1.165, 1.54) is 0 Å². The van der Waals surface area contributed by atoms with Gasteiger partial charge in [0.05, 0.1) is 19.2 Å². The minimum absolute atomic E-state index is 0.139. The van der Waals surface area contributed by atoms with Gasteiger partial charge in [-0.05, 0) is 24.6 Å². The van der Waals surface area contributed by atoms with E-state index in [1.807, 2.05) is 19.1 Å². The molecule has 1 aromatic carbocycles. The molecular formula is C12H15N3O3. The van der Waals surface area contributed by atoms with Gasteiger partial charge in [-0.1, -0.05) is 6.07 Å². The molecule has 2 amide bonds. The fourth-order valence-electron chi connectivity index (χ4n) is 1.75. The average Bonchev–Trinajstić information content (AvgIpc) is 2.76. The van der Waals surface area contributed by atoms with Crippen LogP contribution in [0.4, 0.5) is 5.69 Å². The van der Waals surface area contributed by atoms with Crippen molar-refractivity contribution in [3.8, 4) is 5.75 Å². The molecule has 1 saturated heterocycles. The lowest BCUT2D eigenvalue weighted by molar-refractivity contribution is -0.121. The molecule has 1 fully saturated rings. The quantitative estimate of drug-likeness (QED) is 0.721. The molecule has 2 rings (SSSR count). The fourth-order valence-corrected chi connectivity index (χ4v) is 1.75. The number of rotatable bonds is 3. The number of nitrogens with one attached hydrogen (secondary N) is 3. The van der Waals surface area contributed by atoms with Gasteiger partial charge in [0.25, 0.3) is 0 Å². The van der Waals surface area contributed by atoms with Gasteiger partial charge in [0, 0.05) is 0 Å². The van der Waals surface area contributed by atoms with E-state index in [1.54, 1.807) is 13.2 Å². The number of anilines is 1. The minimum atomic E-state index is -0.553. The van der Waals surface area contributed by atoms with E-state index in [0.29, 0.717) is 11.4 Å². The third kappa shape index (κ3) is 2.60. The number of hydrogen-bond acceptors (Lipinski definition) is 4. The molecule has 18 heavy (non-hydrogen) atoms. The fraction of sp³-hybridized carbons (Fsp3) is 0.333. The smallest absolute Gasteiger partial charge is 0.243 e. The highest BCUT2D eigenvalue weighted by molar-refractivity contribution is 5.99. The number of hydrogen-bond donors (Lipinski definition) is 3. The molecule has 6 heteroatoms. The minimum Gasteiger partial charge on any atom is -0.495 e. The molecule has 3 N–H and O–H groups in total. The van der Waals surface area contributed by atoms with E-state index < -0.39 is 6.04 Å². The van der Waals surface area contributed by atoms with Crippen LogP contribution in [0.2, 0.25) is 0 Å². The Morgan fingerprint density at radius 2 is 2.28 bits per heavy atom. The van der Waals surface area contributed by atoms with Crippen molar-refractivity contribution in [1.82, 2.24) is 10.9 Å². The number of carbonyl (C=O) groups is 2. The summed E-state index contributed by atoms with van der Waals surface area (Å²) in [5.74, 6) is 0.134. The van der Waals surface area contributed by atoms with Crippen LogP contribution < -0.4 is 20.9 Å². The Balaban J connectivity index is 2.11. The maximum absolute atomic E-state index is 11.9. The number of aryl methyl sites for hydroxylation is 1. The molecule has 96 valence electrons. The van der Waals surface area contributed by atoms with Crippen LogP contribution in [0.15, 0.2) is 18.2 Å². The summed E-state index contributed by atoms with van der Waals surface area (Å²) in [6.45, 7) is 1.92. The monoisotopic (exact) mass is 249 g/mol. The van der Waals surface area contributed by atoms with Crippen molar-refractivity contribution < 1.29 is 14.3 Å². The van der Waals surface area contributed by atoms with Crippen molar-refractivity contribution in [3.05, 3.63) is 23.8 Å². The lowest BCUT2D eigenvalue weighted by Crippen LogP contribution is -2.39. The van der Waals surface area contributed by atoms with E-state index in [0.717, 1.165) is 5.56 Å². The molecule has 6 nitrogen and oxygen atoms in total. The maximum atomic E-state index is 11.9. The molecule has 1 heterocycles. The lowest BCUT2D eigenvalue weighted by Gasteiger charge is -2.13. The Morgan fingerprint density at radius 3 is 2.89 bits per heavy atom. The Labute approximate surface area is 105 Å². The van der Waals surface area contributed by atoms with Gasteiger partial charge >= 0.3 is 0 Å². The second-order valence-electron chi connectivity index (χ2n) is 4.14. The van der Waals surface area contributed by atoms with E-state index in [2.05, 4.69) is 16.2 Å². The van der Waals surface area contributed by atoms with Gasteiger partial charge in [-0.3, -0.25) is 15.0 Å². The van der Waals surface area contributed by atoms with Crippen LogP contribution >= 0.6 is 0 Å². The van der Waals surface area contributed by atoms with Crippen LogP contribution in [0.1, 0.15) is 12.0 Å². The normalized spacial score (nSPS) is 18.3. The molecule has 1 aromatic rings. The van der Waals surface area contributed by atoms with Crippen molar-refractivity contribution in [1.29, 1.82) is 0 Å². The van der Waals surface area contributed by atoms with Gasteiger partial charge in [0.1, 0.15) is 11.8 Å². The molecule has 1 aliphatic heterocycles. The molecule has 0 spiro atoms. The third-order valence-electron chi connectivity index (χ3n) is 2.70. The highest BCUT2D eigenvalue weighted by Gasteiger charge is 2.27. The first kappa shape index (κ1) is 12.4. The van der Waals surface area contributed by atoms with Gasteiger partial charge in [-0.15, -0.1) is 0 Å². The molecular weight excluding hydrogens is 234 g/mol. The predicted octanol–water partition coefficient (Wildman–Crippen LogP) is 0.335. The maximum Gasteiger partial charge on any atom is 0.243 e. The molecule has 1 aliphatic rings. The second-order valence-corrected chi connectivity index (χ2v) is 4.14. The lowest BCUT2D eigenvalue weighted by atomic mass is 10.2. The summed E-state index contributed by atoms with van der Waals surface area (Å²) in [5, 5.41) is 2.75. The number of hydrazine groups is 1. The van der Waals surface area contributed by atoms with Gasteiger partial charge in [0.15, 0.2) is 0 Å². The third-order valence-corrected chi connectivity index (χ3v) is 2.70. The van der Waals surface area contributed by atoms with E-state index in [-0.39, 0.29) is 18.2 Å². The number of amides is 2. The molecule has 0 saturated carbocycles. The van der Waals surface area contributed by atoms with Crippen molar-refractivity contribution in [2.75, 3.05) is 12.4 Å². The van der Waals surface area contributed by atoms with Gasteiger partial charge in [0.2, 0.25) is 11.8 Å². The summed E-state index contributed by atoms with van der Waals surface area (Å²) in [5.41, 5.74) is 6.64. The van der Waals surface area contributed by atoms with E-state index >= 15 is 0 Å². The summed E-state index contributed by atoms with van der Waals surface area (Å²) in [7, 11) is 1.54. The first-order chi connectivity index (χ1) is 8.60. The Morgan fingerprint density at radius 1 is 1.50 bits per heavy atom. The number of methoxy groups -OCH3 is 1. The summed E-state index contributed by atoms with van der Waals surface area (Å²) in [6.07, 6.45) is 0.139. The van der Waals surface area contributed by atoms with Crippen LogP contribution in [-0.4, -0.2) is 25.0 Å². The summed E-state index contributed by atoms with van der Waals surface area (Å²) in [6, 6.07) is 4.95. The summed E-state index contributed by atoms with van der Waals surface area (Å²) < 4.78 is 5.17. The molecule has 1 unspecified atom stereocenters. The van der Waals surface area contributed by atoms with Crippen LogP contribution in [-0.2, 0) is 9.59 Å². The summed E-state index contributed by atoms with van der Waals surface area (Å²) >= 11 is 0. The number of carbonyl (C=O) groups excluding carboxylic acids is 2. The van der Waals surface area contributed by atoms with Crippen molar-refractivity contribution >= 4 is 17.5 Å². The SMILES string of the molecule is COc1ccc(C)cc1NC(=O)C1CC(=O)NN1. The summed E-state index contributed by atoms with van der Waals surface area (Å²) in [4.78, 5) is 22.9. The van der Waals surface area contributed by atoms with Crippen LogP contribution in [0.5, 0.6) is 5.75 Å². The first-order valence-electron chi connectivity index (χ1n) is 5.60.